The van der Waals surface area contributed by atoms with Gasteiger partial charge in [-0.1, -0.05) is 105 Å². The molecule has 23 heteroatoms. The molecule has 0 saturated carbocycles. The molecule has 4 N–H and O–H groups in total. The van der Waals surface area contributed by atoms with Crippen molar-refractivity contribution in [3.05, 3.63) is 53.8 Å². The van der Waals surface area contributed by atoms with E-state index in [1.807, 2.05) is 0 Å². The average molecular weight is 1030 g/mol. The summed E-state index contributed by atoms with van der Waals surface area (Å²) in [5.74, 6) is 0. The van der Waals surface area contributed by atoms with Gasteiger partial charge in [0.05, 0.1) is 13.2 Å². The van der Waals surface area contributed by atoms with E-state index < -0.39 is 77.2 Å². The molecule has 0 spiro atoms. The molecular formula is C44H80F2N6O11P2S2. The summed E-state index contributed by atoms with van der Waals surface area (Å²) in [4.78, 5) is 54.2. The molecule has 2 saturated heterocycles. The largest absolute Gasteiger partial charge is 0.481 e. The van der Waals surface area contributed by atoms with Gasteiger partial charge in [0.2, 0.25) is 0 Å². The van der Waals surface area contributed by atoms with Gasteiger partial charge in [0, 0.05) is 36.4 Å². The number of aromatic nitrogens is 4. The SMILES string of the molecule is CCCCN(CCCC)CCCC.CCCCN(CCCC)CCCC.Cc1cn([C@H]2C[C@H](F)[C@@H](COP(=O)(O)OP(=O)(O)OC[C@H]3O[C@@H](n4cc(C)c(=S)[nH]c4=O)C[C@@H]3F)O2)c(=O)[nH]c1=S. The molecule has 2 fully saturated rings. The third-order valence-corrected chi connectivity index (χ3v) is 14.7. The van der Waals surface area contributed by atoms with Gasteiger partial charge in [0.15, 0.2) is 0 Å². The highest BCUT2D eigenvalue weighted by molar-refractivity contribution is 7.71. The van der Waals surface area contributed by atoms with E-state index in [1.165, 1.54) is 129 Å². The molecule has 0 bridgehead atoms. The molecule has 2 aliphatic rings. The van der Waals surface area contributed by atoms with Crippen molar-refractivity contribution in [1.82, 2.24) is 28.9 Å². The smallest absolute Gasteiger partial charge is 0.349 e. The van der Waals surface area contributed by atoms with Crippen molar-refractivity contribution in [2.24, 2.45) is 0 Å². The third kappa shape index (κ3) is 22.8. The van der Waals surface area contributed by atoms with Gasteiger partial charge in [-0.3, -0.25) is 28.1 Å². The molecule has 2 unspecified atom stereocenters. The molecule has 4 rings (SSSR count). The molecule has 388 valence electrons. The molecule has 0 radical (unpaired) electrons. The maximum atomic E-state index is 14.5. The fraction of sp³-hybridized carbons (Fsp3) is 0.818. The van der Waals surface area contributed by atoms with Gasteiger partial charge >= 0.3 is 27.0 Å². The number of phosphoric ester groups is 2. The van der Waals surface area contributed by atoms with Crippen LogP contribution in [0.2, 0.25) is 0 Å². The molecule has 67 heavy (non-hydrogen) atoms. The quantitative estimate of drug-likeness (QED) is 0.0463. The maximum Gasteiger partial charge on any atom is 0.481 e. The highest BCUT2D eigenvalue weighted by atomic mass is 32.1. The number of alkyl halides is 2. The van der Waals surface area contributed by atoms with E-state index in [-0.39, 0.29) is 22.1 Å². The fourth-order valence-corrected chi connectivity index (χ4v) is 9.46. The van der Waals surface area contributed by atoms with E-state index in [2.05, 4.69) is 74.7 Å². The Hall–Kier alpha value is -1.84. The monoisotopic (exact) mass is 1030 g/mol. The fourth-order valence-electron chi connectivity index (χ4n) is 7.09. The van der Waals surface area contributed by atoms with Crippen LogP contribution >= 0.6 is 40.1 Å². The zero-order valence-corrected chi connectivity index (χ0v) is 44.4. The summed E-state index contributed by atoms with van der Waals surface area (Å²) in [6.45, 7) is 23.0. The van der Waals surface area contributed by atoms with Gasteiger partial charge < -0.3 is 29.1 Å². The van der Waals surface area contributed by atoms with E-state index in [1.54, 1.807) is 13.8 Å². The Balaban J connectivity index is 0.000000484. The van der Waals surface area contributed by atoms with E-state index in [0.717, 1.165) is 9.13 Å². The van der Waals surface area contributed by atoms with E-state index in [9.17, 15) is 37.3 Å². The molecular weight excluding hydrogens is 953 g/mol. The summed E-state index contributed by atoms with van der Waals surface area (Å²) in [6, 6.07) is 0. The Morgan fingerprint density at radius 2 is 0.910 bits per heavy atom. The standard InChI is InChI=1S/C20H26F2N4O11P2S2.2C12H27N/c1-9-5-25(19(27)23-17(9)40)15-3-11(21)13(35-15)7-33-38(29,30)37-39(31,32)34-8-14-12(22)4-16(36-14)26-6-10(2)18(41)24-20(26)28;2*1-4-7-10-13(11-8-5-2)12-9-6-3/h5-6,11-16H,3-4,7-8H2,1-2H3,(H,29,30)(H,31,32)(H,23,27,40)(H,24,28,41);2*4-12H2,1-3H3/t11-,12-,13+,14+,15+,16+;;/m0../s1. The van der Waals surface area contributed by atoms with Gasteiger partial charge in [-0.15, -0.1) is 0 Å². The number of aryl methyl sites for hydroxylation is 2. The Morgan fingerprint density at radius 1 is 0.627 bits per heavy atom. The first-order chi connectivity index (χ1) is 31.7. The second kappa shape index (κ2) is 32.2. The van der Waals surface area contributed by atoms with Crippen LogP contribution in [0.4, 0.5) is 8.78 Å². The lowest BCUT2D eigenvalue weighted by atomic mass is 10.2. The number of hydrogen-bond donors (Lipinski definition) is 4. The molecule has 17 nitrogen and oxygen atoms in total. The molecule has 0 amide bonds. The van der Waals surface area contributed by atoms with Crippen LogP contribution in [-0.4, -0.2) is 116 Å². The molecule has 2 aromatic rings. The van der Waals surface area contributed by atoms with Crippen molar-refractivity contribution in [1.29, 1.82) is 0 Å². The molecule has 2 aromatic heterocycles. The predicted octanol–water partition coefficient (Wildman–Crippen LogP) is 10.3. The Bertz CT molecular complexity index is 1880. The summed E-state index contributed by atoms with van der Waals surface area (Å²) < 4.78 is 80.4. The third-order valence-electron chi connectivity index (χ3n) is 11.2. The number of phosphoric acid groups is 2. The number of aromatic amines is 2. The van der Waals surface area contributed by atoms with Gasteiger partial charge in [-0.2, -0.15) is 4.31 Å². The first-order valence-electron chi connectivity index (χ1n) is 24.1. The lowest BCUT2D eigenvalue weighted by Crippen LogP contribution is -2.28. The van der Waals surface area contributed by atoms with E-state index in [0.29, 0.717) is 11.1 Å². The van der Waals surface area contributed by atoms with Crippen LogP contribution in [0.1, 0.15) is 155 Å². The topological polar surface area (TPSA) is 203 Å². The van der Waals surface area contributed by atoms with Gasteiger partial charge in [-0.05, 0) is 91.6 Å². The van der Waals surface area contributed by atoms with E-state index in [4.69, 9.17) is 33.9 Å². The molecule has 8 atom stereocenters. The first kappa shape index (κ1) is 61.3. The highest BCUT2D eigenvalue weighted by Gasteiger charge is 2.43. The number of nitrogens with zero attached hydrogens (tertiary/aromatic N) is 4. The van der Waals surface area contributed by atoms with Crippen molar-refractivity contribution in [3.63, 3.8) is 0 Å². The number of H-pyrrole nitrogens is 2. The van der Waals surface area contributed by atoms with Crippen LogP contribution in [-0.2, 0) is 32.0 Å². The lowest BCUT2D eigenvalue weighted by Gasteiger charge is -2.21. The number of rotatable bonds is 28. The molecule has 0 aromatic carbocycles. The lowest BCUT2D eigenvalue weighted by molar-refractivity contribution is -0.0388. The van der Waals surface area contributed by atoms with Crippen LogP contribution in [0.25, 0.3) is 0 Å². The summed E-state index contributed by atoms with van der Waals surface area (Å²) in [5.41, 5.74) is -0.262. The number of ether oxygens (including phenoxy) is 2. The van der Waals surface area contributed by atoms with Crippen LogP contribution in [0, 0.1) is 23.1 Å². The number of halogens is 2. The van der Waals surface area contributed by atoms with Gasteiger partial charge in [0.1, 0.15) is 46.3 Å². The minimum atomic E-state index is -5.33. The van der Waals surface area contributed by atoms with Gasteiger partial charge in [0.25, 0.3) is 0 Å². The van der Waals surface area contributed by atoms with E-state index >= 15 is 0 Å². The summed E-state index contributed by atoms with van der Waals surface area (Å²) in [7, 11) is -10.7. The average Bonchev–Trinajstić information content (AvgIpc) is 3.84. The highest BCUT2D eigenvalue weighted by Crippen LogP contribution is 2.61. The summed E-state index contributed by atoms with van der Waals surface area (Å²) in [5, 5.41) is 0. The minimum absolute atomic E-state index is 0.197. The van der Waals surface area contributed by atoms with Crippen molar-refractivity contribution in [3.8, 4) is 0 Å². The second-order valence-electron chi connectivity index (χ2n) is 17.1. The summed E-state index contributed by atoms with van der Waals surface area (Å²) >= 11 is 9.94. The Morgan fingerprint density at radius 3 is 1.18 bits per heavy atom. The number of nitrogens with one attached hydrogen (secondary N) is 2. The van der Waals surface area contributed by atoms with Crippen molar-refractivity contribution in [2.75, 3.05) is 52.5 Å². The normalized spacial score (nSPS) is 22.2. The van der Waals surface area contributed by atoms with Crippen molar-refractivity contribution >= 4 is 40.1 Å². The summed E-state index contributed by atoms with van der Waals surface area (Å²) in [6.07, 6.45) is 9.80. The van der Waals surface area contributed by atoms with Crippen molar-refractivity contribution in [2.45, 2.75) is 182 Å². The van der Waals surface area contributed by atoms with Crippen LogP contribution in [0.15, 0.2) is 22.0 Å². The number of unbranched alkanes of at least 4 members (excludes halogenated alkanes) is 6. The van der Waals surface area contributed by atoms with Crippen LogP contribution < -0.4 is 11.4 Å². The molecule has 0 aliphatic carbocycles. The predicted molar refractivity (Wildman–Crippen MR) is 263 cm³/mol. The molecule has 2 aliphatic heterocycles. The zero-order chi connectivity index (χ0) is 50.2. The Labute approximate surface area is 406 Å². The number of hydrogen-bond acceptors (Lipinski definition) is 13. The van der Waals surface area contributed by atoms with Crippen LogP contribution in [0.5, 0.6) is 0 Å². The van der Waals surface area contributed by atoms with Crippen LogP contribution in [0.3, 0.4) is 0 Å². The van der Waals surface area contributed by atoms with Gasteiger partial charge in [-0.25, -0.2) is 27.5 Å². The minimum Gasteiger partial charge on any atom is -0.349 e. The second-order valence-corrected chi connectivity index (χ2v) is 21.0. The zero-order valence-electron chi connectivity index (χ0n) is 41.0. The Kier molecular flexibility index (Phi) is 29.4. The first-order valence-corrected chi connectivity index (χ1v) is 27.9. The maximum absolute atomic E-state index is 14.5. The molecule has 4 heterocycles. The van der Waals surface area contributed by atoms with Crippen molar-refractivity contribution < 1.29 is 50.5 Å².